The molecule has 1 atom stereocenters. The molecule has 3 aromatic rings. The van der Waals surface area contributed by atoms with Crippen molar-refractivity contribution in [1.29, 1.82) is 0 Å². The van der Waals surface area contributed by atoms with Crippen molar-refractivity contribution in [3.8, 4) is 0 Å². The minimum Gasteiger partial charge on any atom is -0.354 e. The molecular formula is C29H35N5O. The molecular weight excluding hydrogens is 434 g/mol. The van der Waals surface area contributed by atoms with Gasteiger partial charge in [0.1, 0.15) is 5.82 Å². The lowest BCUT2D eigenvalue weighted by Crippen LogP contribution is -2.49. The van der Waals surface area contributed by atoms with Crippen LogP contribution in [0, 0.1) is 5.92 Å². The van der Waals surface area contributed by atoms with Gasteiger partial charge in [0, 0.05) is 63.3 Å². The quantitative estimate of drug-likeness (QED) is 0.557. The highest BCUT2D eigenvalue weighted by molar-refractivity contribution is 6.04. The Morgan fingerprint density at radius 3 is 2.51 bits per heavy atom. The van der Waals surface area contributed by atoms with Crippen LogP contribution in [0.1, 0.15) is 28.8 Å². The first-order valence-corrected chi connectivity index (χ1v) is 12.8. The van der Waals surface area contributed by atoms with Crippen molar-refractivity contribution in [3.63, 3.8) is 0 Å². The summed E-state index contributed by atoms with van der Waals surface area (Å²) in [6.45, 7) is 8.63. The van der Waals surface area contributed by atoms with E-state index in [1.54, 1.807) is 0 Å². The van der Waals surface area contributed by atoms with Crippen LogP contribution in [0.25, 0.3) is 0 Å². The van der Waals surface area contributed by atoms with Crippen LogP contribution in [0.3, 0.4) is 0 Å². The number of pyridine rings is 1. The minimum absolute atomic E-state index is 0.0561. The zero-order chi connectivity index (χ0) is 23.9. The van der Waals surface area contributed by atoms with E-state index in [9.17, 15) is 4.79 Å². The molecule has 5 rings (SSSR count). The van der Waals surface area contributed by atoms with Gasteiger partial charge in [0.15, 0.2) is 0 Å². The largest absolute Gasteiger partial charge is 0.354 e. The second-order valence-corrected chi connectivity index (χ2v) is 9.74. The molecule has 1 unspecified atom stereocenters. The topological polar surface area (TPSA) is 51.7 Å². The van der Waals surface area contributed by atoms with E-state index in [1.165, 1.54) is 24.9 Å². The Hall–Kier alpha value is -3.22. The van der Waals surface area contributed by atoms with Crippen molar-refractivity contribution in [2.75, 3.05) is 56.0 Å². The molecule has 2 saturated heterocycles. The summed E-state index contributed by atoms with van der Waals surface area (Å²) in [6, 6.07) is 23.8. The van der Waals surface area contributed by atoms with Gasteiger partial charge in [0.05, 0.1) is 0 Å². The van der Waals surface area contributed by atoms with Gasteiger partial charge in [-0.15, -0.1) is 0 Å². The molecule has 2 fully saturated rings. The fourth-order valence-corrected chi connectivity index (χ4v) is 5.30. The molecule has 35 heavy (non-hydrogen) atoms. The summed E-state index contributed by atoms with van der Waals surface area (Å²) in [4.78, 5) is 24.8. The Labute approximate surface area is 208 Å². The fourth-order valence-electron chi connectivity index (χ4n) is 5.30. The number of aromatic nitrogens is 1. The van der Waals surface area contributed by atoms with E-state index in [0.717, 1.165) is 57.3 Å². The standard InChI is InChI=1S/C29H35N5O/c35-29(31-27-11-2-1-3-12-27)26-10-6-8-24(20-26)21-33-15-7-9-25(23-33)22-32-16-18-34(19-17-32)28-13-4-5-14-30-28/h1-6,8,10-14,20,25H,7,9,15-19,21-23H2,(H,31,35). The third kappa shape index (κ3) is 6.47. The molecule has 1 N–H and O–H groups in total. The lowest BCUT2D eigenvalue weighted by Gasteiger charge is -2.39. The summed E-state index contributed by atoms with van der Waals surface area (Å²) >= 11 is 0. The van der Waals surface area contributed by atoms with E-state index in [2.05, 4.69) is 43.2 Å². The number of likely N-dealkylation sites (tertiary alicyclic amines) is 1. The molecule has 0 saturated carbocycles. The number of para-hydroxylation sites is 1. The predicted octanol–water partition coefficient (Wildman–Crippen LogP) is 4.37. The number of anilines is 2. The Balaban J connectivity index is 1.11. The van der Waals surface area contributed by atoms with Gasteiger partial charge in [-0.1, -0.05) is 36.4 Å². The van der Waals surface area contributed by atoms with E-state index in [-0.39, 0.29) is 5.91 Å². The molecule has 1 aromatic heterocycles. The molecule has 6 heteroatoms. The Morgan fingerprint density at radius 1 is 0.886 bits per heavy atom. The number of carbonyl (C=O) groups excluding carboxylic acids is 1. The van der Waals surface area contributed by atoms with Crippen LogP contribution < -0.4 is 10.2 Å². The molecule has 182 valence electrons. The number of hydrogen-bond acceptors (Lipinski definition) is 5. The molecule has 2 aliphatic rings. The lowest BCUT2D eigenvalue weighted by molar-refractivity contribution is 0.102. The molecule has 0 bridgehead atoms. The van der Waals surface area contributed by atoms with Crippen molar-refractivity contribution in [2.24, 2.45) is 5.92 Å². The number of nitrogens with zero attached hydrogens (tertiary/aromatic N) is 4. The van der Waals surface area contributed by atoms with Crippen molar-refractivity contribution in [2.45, 2.75) is 19.4 Å². The first-order valence-electron chi connectivity index (χ1n) is 12.8. The van der Waals surface area contributed by atoms with Gasteiger partial charge in [-0.2, -0.15) is 0 Å². The molecule has 2 aliphatic heterocycles. The van der Waals surface area contributed by atoms with Gasteiger partial charge in [-0.05, 0) is 67.3 Å². The predicted molar refractivity (Wildman–Crippen MR) is 142 cm³/mol. The van der Waals surface area contributed by atoms with Crippen molar-refractivity contribution >= 4 is 17.4 Å². The third-order valence-electron chi connectivity index (χ3n) is 7.09. The lowest BCUT2D eigenvalue weighted by atomic mass is 9.96. The monoisotopic (exact) mass is 469 g/mol. The normalized spacial score (nSPS) is 19.4. The number of carbonyl (C=O) groups is 1. The number of benzene rings is 2. The number of nitrogens with one attached hydrogen (secondary N) is 1. The van der Waals surface area contributed by atoms with Crippen LogP contribution in [0.4, 0.5) is 11.5 Å². The van der Waals surface area contributed by atoms with Crippen LogP contribution >= 0.6 is 0 Å². The summed E-state index contributed by atoms with van der Waals surface area (Å²) in [5.74, 6) is 1.74. The Bertz CT molecular complexity index is 1080. The summed E-state index contributed by atoms with van der Waals surface area (Å²) in [5.41, 5.74) is 2.74. The summed E-state index contributed by atoms with van der Waals surface area (Å²) in [7, 11) is 0. The summed E-state index contributed by atoms with van der Waals surface area (Å²) in [5, 5.41) is 2.99. The maximum atomic E-state index is 12.7. The summed E-state index contributed by atoms with van der Waals surface area (Å²) < 4.78 is 0. The molecule has 0 radical (unpaired) electrons. The fraction of sp³-hybridized carbons (Fsp3) is 0.379. The van der Waals surface area contributed by atoms with E-state index in [1.807, 2.05) is 60.8 Å². The second-order valence-electron chi connectivity index (χ2n) is 9.74. The van der Waals surface area contributed by atoms with Crippen LogP contribution in [0.2, 0.25) is 0 Å². The molecule has 2 aromatic carbocycles. The maximum Gasteiger partial charge on any atom is 0.255 e. The first-order chi connectivity index (χ1) is 17.2. The highest BCUT2D eigenvalue weighted by atomic mass is 16.1. The van der Waals surface area contributed by atoms with Gasteiger partial charge in [0.25, 0.3) is 5.91 Å². The number of piperazine rings is 1. The highest BCUT2D eigenvalue weighted by Gasteiger charge is 2.25. The van der Waals surface area contributed by atoms with Gasteiger partial charge < -0.3 is 10.2 Å². The number of piperidine rings is 1. The van der Waals surface area contributed by atoms with Gasteiger partial charge in [0.2, 0.25) is 0 Å². The van der Waals surface area contributed by atoms with E-state index in [0.29, 0.717) is 11.5 Å². The molecule has 0 spiro atoms. The van der Waals surface area contributed by atoms with Gasteiger partial charge >= 0.3 is 0 Å². The van der Waals surface area contributed by atoms with Crippen LogP contribution in [-0.4, -0.2) is 66.5 Å². The third-order valence-corrected chi connectivity index (χ3v) is 7.09. The van der Waals surface area contributed by atoms with Crippen LogP contribution in [0.5, 0.6) is 0 Å². The zero-order valence-electron chi connectivity index (χ0n) is 20.4. The Morgan fingerprint density at radius 2 is 1.71 bits per heavy atom. The minimum atomic E-state index is -0.0561. The zero-order valence-corrected chi connectivity index (χ0v) is 20.4. The molecule has 3 heterocycles. The molecule has 1 amide bonds. The smallest absolute Gasteiger partial charge is 0.255 e. The maximum absolute atomic E-state index is 12.7. The average Bonchev–Trinajstić information content (AvgIpc) is 2.91. The first kappa shape index (κ1) is 23.5. The number of hydrogen-bond donors (Lipinski definition) is 1. The van der Waals surface area contributed by atoms with E-state index >= 15 is 0 Å². The Kier molecular flexibility index (Phi) is 7.71. The molecule has 6 nitrogen and oxygen atoms in total. The second kappa shape index (κ2) is 11.5. The molecule has 0 aliphatic carbocycles. The number of rotatable bonds is 7. The van der Waals surface area contributed by atoms with Crippen molar-refractivity contribution in [3.05, 3.63) is 90.1 Å². The number of amides is 1. The van der Waals surface area contributed by atoms with Gasteiger partial charge in [-0.3, -0.25) is 14.6 Å². The van der Waals surface area contributed by atoms with E-state index in [4.69, 9.17) is 0 Å². The van der Waals surface area contributed by atoms with Crippen LogP contribution in [-0.2, 0) is 6.54 Å². The van der Waals surface area contributed by atoms with Crippen LogP contribution in [0.15, 0.2) is 79.0 Å². The van der Waals surface area contributed by atoms with Crippen molar-refractivity contribution < 1.29 is 4.79 Å². The average molecular weight is 470 g/mol. The van der Waals surface area contributed by atoms with E-state index < -0.39 is 0 Å². The van der Waals surface area contributed by atoms with Gasteiger partial charge in [-0.25, -0.2) is 4.98 Å². The van der Waals surface area contributed by atoms with Crippen molar-refractivity contribution in [1.82, 2.24) is 14.8 Å². The SMILES string of the molecule is O=C(Nc1ccccc1)c1cccc(CN2CCCC(CN3CCN(c4ccccn4)CC3)C2)c1. The highest BCUT2D eigenvalue weighted by Crippen LogP contribution is 2.22. The summed E-state index contributed by atoms with van der Waals surface area (Å²) in [6.07, 6.45) is 4.42.